The van der Waals surface area contributed by atoms with Crippen LogP contribution in [0.25, 0.3) is 10.8 Å². The molecule has 3 rings (SSSR count). The molecule has 0 radical (unpaired) electrons. The van der Waals surface area contributed by atoms with Crippen LogP contribution in [0.5, 0.6) is 23.0 Å². The summed E-state index contributed by atoms with van der Waals surface area (Å²) < 4.78 is 5.19. The second kappa shape index (κ2) is 6.04. The molecule has 126 valence electrons. The summed E-state index contributed by atoms with van der Waals surface area (Å²) in [5.74, 6) is -4.76. The Labute approximate surface area is 141 Å². The first kappa shape index (κ1) is 16.1. The summed E-state index contributed by atoms with van der Waals surface area (Å²) in [6.45, 7) is 0. The maximum Gasteiger partial charge on any atom is 0.344 e. The van der Waals surface area contributed by atoms with Gasteiger partial charge in [0.25, 0.3) is 0 Å². The van der Waals surface area contributed by atoms with Crippen molar-refractivity contribution in [3.8, 4) is 23.0 Å². The molecule has 0 spiro atoms. The Morgan fingerprint density at radius 1 is 0.840 bits per heavy atom. The molecule has 0 bridgehead atoms. The Morgan fingerprint density at radius 3 is 2.24 bits per heavy atom. The summed E-state index contributed by atoms with van der Waals surface area (Å²) in [6, 6.07) is 11.8. The van der Waals surface area contributed by atoms with Crippen molar-refractivity contribution in [3.05, 3.63) is 59.7 Å². The van der Waals surface area contributed by atoms with Crippen LogP contribution in [0.2, 0.25) is 0 Å². The molecule has 0 unspecified atom stereocenters. The number of esters is 1. The van der Waals surface area contributed by atoms with E-state index in [1.54, 1.807) is 30.3 Å². The van der Waals surface area contributed by atoms with Crippen molar-refractivity contribution >= 4 is 22.7 Å². The third-order valence-electron chi connectivity index (χ3n) is 3.64. The first-order chi connectivity index (χ1) is 11.9. The van der Waals surface area contributed by atoms with Crippen LogP contribution >= 0.6 is 0 Å². The van der Waals surface area contributed by atoms with E-state index in [4.69, 9.17) is 4.74 Å². The Kier molecular flexibility index (Phi) is 3.90. The average Bonchev–Trinajstić information content (AvgIpc) is 2.59. The van der Waals surface area contributed by atoms with Gasteiger partial charge in [-0.25, -0.2) is 9.59 Å². The summed E-state index contributed by atoms with van der Waals surface area (Å²) in [6.07, 6.45) is 0. The van der Waals surface area contributed by atoms with Gasteiger partial charge in [0.15, 0.2) is 23.0 Å². The van der Waals surface area contributed by atoms with Gasteiger partial charge in [-0.3, -0.25) is 0 Å². The van der Waals surface area contributed by atoms with E-state index in [1.807, 2.05) is 0 Å². The van der Waals surface area contributed by atoms with Gasteiger partial charge < -0.3 is 25.2 Å². The third-order valence-corrected chi connectivity index (χ3v) is 3.64. The number of carbonyl (C=O) groups excluding carboxylic acids is 1. The highest BCUT2D eigenvalue weighted by atomic mass is 16.5. The van der Waals surface area contributed by atoms with Gasteiger partial charge in [-0.2, -0.15) is 0 Å². The summed E-state index contributed by atoms with van der Waals surface area (Å²) in [4.78, 5) is 23.7. The van der Waals surface area contributed by atoms with Crippen LogP contribution < -0.4 is 4.74 Å². The maximum atomic E-state index is 12.4. The highest BCUT2D eigenvalue weighted by Crippen LogP contribution is 2.36. The van der Waals surface area contributed by atoms with Gasteiger partial charge in [0.1, 0.15) is 5.56 Å². The monoisotopic (exact) mass is 340 g/mol. The number of phenols is 3. The van der Waals surface area contributed by atoms with Crippen LogP contribution in [-0.4, -0.2) is 32.4 Å². The molecule has 0 saturated carbocycles. The molecule has 4 N–H and O–H groups in total. The molecule has 0 fully saturated rings. The van der Waals surface area contributed by atoms with E-state index in [2.05, 4.69) is 0 Å². The fraction of sp³-hybridized carbons (Fsp3) is 0. The van der Waals surface area contributed by atoms with Crippen molar-refractivity contribution in [1.29, 1.82) is 0 Å². The fourth-order valence-corrected chi connectivity index (χ4v) is 2.45. The highest BCUT2D eigenvalue weighted by molar-refractivity contribution is 6.06. The van der Waals surface area contributed by atoms with Gasteiger partial charge in [0.05, 0.1) is 5.56 Å². The number of carbonyl (C=O) groups is 2. The van der Waals surface area contributed by atoms with E-state index in [0.29, 0.717) is 10.8 Å². The van der Waals surface area contributed by atoms with Crippen molar-refractivity contribution in [3.63, 3.8) is 0 Å². The number of aromatic carboxylic acids is 1. The molecule has 25 heavy (non-hydrogen) atoms. The predicted octanol–water partition coefficient (Wildman–Crippen LogP) is 2.87. The Balaban J connectivity index is 2.09. The molecule has 0 aliphatic heterocycles. The minimum atomic E-state index is -1.61. The van der Waals surface area contributed by atoms with Crippen LogP contribution in [0, 0.1) is 0 Å². The zero-order chi connectivity index (χ0) is 18.1. The zero-order valence-electron chi connectivity index (χ0n) is 12.6. The molecule has 7 nitrogen and oxygen atoms in total. The van der Waals surface area contributed by atoms with E-state index >= 15 is 0 Å². The lowest BCUT2D eigenvalue weighted by molar-refractivity contribution is 0.0663. The molecular formula is C18H12O7. The first-order valence-electron chi connectivity index (χ1n) is 7.11. The van der Waals surface area contributed by atoms with Gasteiger partial charge >= 0.3 is 11.9 Å². The minimum absolute atomic E-state index is 0.132. The van der Waals surface area contributed by atoms with Crippen LogP contribution in [0.1, 0.15) is 20.7 Å². The van der Waals surface area contributed by atoms with E-state index in [0.717, 1.165) is 12.1 Å². The zero-order valence-corrected chi connectivity index (χ0v) is 12.6. The molecule has 0 amide bonds. The summed E-state index contributed by atoms with van der Waals surface area (Å²) in [7, 11) is 0. The van der Waals surface area contributed by atoms with Crippen molar-refractivity contribution in [2.24, 2.45) is 0 Å². The number of carboxylic acid groups (broad SMARTS) is 1. The smallest absolute Gasteiger partial charge is 0.344 e. The lowest BCUT2D eigenvalue weighted by atomic mass is 10.1. The van der Waals surface area contributed by atoms with E-state index in [-0.39, 0.29) is 11.5 Å². The third kappa shape index (κ3) is 2.78. The number of hydrogen-bond donors (Lipinski definition) is 4. The van der Waals surface area contributed by atoms with Gasteiger partial charge in [-0.05, 0) is 23.6 Å². The second-order valence-electron chi connectivity index (χ2n) is 5.19. The minimum Gasteiger partial charge on any atom is -0.504 e. The second-order valence-corrected chi connectivity index (χ2v) is 5.19. The van der Waals surface area contributed by atoms with Crippen LogP contribution in [-0.2, 0) is 0 Å². The normalized spacial score (nSPS) is 10.6. The van der Waals surface area contributed by atoms with Crippen molar-refractivity contribution in [1.82, 2.24) is 0 Å². The molecule has 3 aromatic rings. The van der Waals surface area contributed by atoms with Crippen molar-refractivity contribution in [2.45, 2.75) is 0 Å². The van der Waals surface area contributed by atoms with Gasteiger partial charge in [0, 0.05) is 5.39 Å². The summed E-state index contributed by atoms with van der Waals surface area (Å²) in [5, 5.41) is 39.5. The number of carboxylic acids is 1. The number of hydrogen-bond acceptors (Lipinski definition) is 6. The number of aromatic hydroxyl groups is 3. The quantitative estimate of drug-likeness (QED) is 0.328. The molecule has 7 heteroatoms. The molecular weight excluding hydrogens is 328 g/mol. The first-order valence-corrected chi connectivity index (χ1v) is 7.11. The molecule has 0 aromatic heterocycles. The summed E-state index contributed by atoms with van der Waals surface area (Å²) >= 11 is 0. The van der Waals surface area contributed by atoms with Crippen LogP contribution in [0.3, 0.4) is 0 Å². The molecule has 0 aliphatic carbocycles. The SMILES string of the molecule is O=C(Oc1c(O)ccc2ccccc12)c1ccc(O)c(O)c1C(=O)O. The highest BCUT2D eigenvalue weighted by Gasteiger charge is 2.25. The van der Waals surface area contributed by atoms with Gasteiger partial charge in [-0.15, -0.1) is 0 Å². The van der Waals surface area contributed by atoms with Crippen LogP contribution in [0.4, 0.5) is 0 Å². The molecule has 0 atom stereocenters. The molecule has 0 saturated heterocycles. The number of ether oxygens (including phenoxy) is 1. The Bertz CT molecular complexity index is 1010. The maximum absolute atomic E-state index is 12.4. The van der Waals surface area contributed by atoms with Crippen molar-refractivity contribution < 1.29 is 34.8 Å². The number of rotatable bonds is 3. The Hall–Kier alpha value is -3.74. The fourth-order valence-electron chi connectivity index (χ4n) is 2.45. The van der Waals surface area contributed by atoms with Gasteiger partial charge in [0.2, 0.25) is 0 Å². The average molecular weight is 340 g/mol. The van der Waals surface area contributed by atoms with E-state index in [1.165, 1.54) is 6.07 Å². The van der Waals surface area contributed by atoms with E-state index < -0.39 is 34.6 Å². The Morgan fingerprint density at radius 2 is 1.52 bits per heavy atom. The summed E-state index contributed by atoms with van der Waals surface area (Å²) in [5.41, 5.74) is -1.25. The van der Waals surface area contributed by atoms with E-state index in [9.17, 15) is 30.0 Å². The standard InChI is InChI=1S/C18H12O7/c19-12-8-6-11(14(15(12)21)17(22)23)18(24)25-16-10-4-2-1-3-9(10)5-7-13(16)20/h1-8,19-21H,(H,22,23). The molecule has 0 heterocycles. The lowest BCUT2D eigenvalue weighted by Crippen LogP contribution is -2.14. The number of phenolic OH excluding ortho intramolecular Hbond substituents is 2. The van der Waals surface area contributed by atoms with Gasteiger partial charge in [-0.1, -0.05) is 30.3 Å². The predicted molar refractivity (Wildman–Crippen MR) is 87.3 cm³/mol. The molecule has 3 aromatic carbocycles. The largest absolute Gasteiger partial charge is 0.504 e. The number of benzene rings is 3. The topological polar surface area (TPSA) is 124 Å². The number of fused-ring (bicyclic) bond motifs is 1. The molecule has 0 aliphatic rings. The van der Waals surface area contributed by atoms with Crippen molar-refractivity contribution in [2.75, 3.05) is 0 Å². The lowest BCUT2D eigenvalue weighted by Gasteiger charge is -2.12. The van der Waals surface area contributed by atoms with Crippen LogP contribution in [0.15, 0.2) is 48.5 Å².